The van der Waals surface area contributed by atoms with E-state index >= 15 is 0 Å². The molecule has 0 atom stereocenters. The van der Waals surface area contributed by atoms with E-state index in [1.807, 2.05) is 35.8 Å². The predicted molar refractivity (Wildman–Crippen MR) is 82.6 cm³/mol. The van der Waals surface area contributed by atoms with Crippen molar-refractivity contribution in [3.8, 4) is 11.8 Å². The normalized spacial score (nSPS) is 10.7. The number of imidazole rings is 1. The van der Waals surface area contributed by atoms with Gasteiger partial charge in [0.25, 0.3) is 0 Å². The van der Waals surface area contributed by atoms with E-state index in [0.717, 1.165) is 26.8 Å². The average molecular weight is 327 g/mol. The van der Waals surface area contributed by atoms with Crippen molar-refractivity contribution < 1.29 is 0 Å². The monoisotopic (exact) mass is 326 g/mol. The van der Waals surface area contributed by atoms with Crippen molar-refractivity contribution in [2.75, 3.05) is 5.73 Å². The summed E-state index contributed by atoms with van der Waals surface area (Å²) in [5.74, 6) is 0.413. The van der Waals surface area contributed by atoms with Crippen LogP contribution in [0.3, 0.4) is 0 Å². The second-order valence-electron chi connectivity index (χ2n) is 4.50. The number of nitrogen functional groups attached to an aromatic ring is 1. The molecule has 0 radical (unpaired) electrons. The van der Waals surface area contributed by atoms with Crippen LogP contribution in [0.25, 0.3) is 16.7 Å². The van der Waals surface area contributed by atoms with E-state index in [4.69, 9.17) is 11.0 Å². The first-order valence-electron chi connectivity index (χ1n) is 6.05. The Balaban J connectivity index is 2.38. The van der Waals surface area contributed by atoms with E-state index in [1.165, 1.54) is 0 Å². The molecule has 0 aliphatic heterocycles. The minimum absolute atomic E-state index is 0.413. The molecule has 2 N–H and O–H groups in total. The molecule has 20 heavy (non-hydrogen) atoms. The maximum atomic E-state index is 9.05. The van der Waals surface area contributed by atoms with Gasteiger partial charge in [0.05, 0.1) is 28.4 Å². The van der Waals surface area contributed by atoms with Gasteiger partial charge in [0, 0.05) is 4.47 Å². The van der Waals surface area contributed by atoms with Crippen molar-refractivity contribution in [3.05, 3.63) is 52.0 Å². The highest BCUT2D eigenvalue weighted by atomic mass is 79.9. The van der Waals surface area contributed by atoms with Crippen molar-refractivity contribution in [1.29, 1.82) is 5.26 Å². The minimum Gasteiger partial charge on any atom is -0.369 e. The van der Waals surface area contributed by atoms with E-state index in [9.17, 15) is 0 Å². The molecule has 0 saturated carbocycles. The van der Waals surface area contributed by atoms with Crippen LogP contribution >= 0.6 is 15.9 Å². The molecule has 4 nitrogen and oxygen atoms in total. The molecule has 0 spiro atoms. The summed E-state index contributed by atoms with van der Waals surface area (Å²) in [4.78, 5) is 4.35. The zero-order valence-electron chi connectivity index (χ0n) is 10.8. The molecule has 1 aromatic heterocycles. The number of anilines is 1. The zero-order valence-corrected chi connectivity index (χ0v) is 12.3. The Morgan fingerprint density at radius 3 is 2.85 bits per heavy atom. The molecule has 0 aliphatic rings. The van der Waals surface area contributed by atoms with E-state index in [0.29, 0.717) is 11.5 Å². The van der Waals surface area contributed by atoms with Gasteiger partial charge in [0.15, 0.2) is 0 Å². The van der Waals surface area contributed by atoms with Gasteiger partial charge in [-0.2, -0.15) is 5.26 Å². The summed E-state index contributed by atoms with van der Waals surface area (Å²) in [5, 5.41) is 9.05. The Morgan fingerprint density at radius 2 is 2.10 bits per heavy atom. The van der Waals surface area contributed by atoms with Gasteiger partial charge in [-0.05, 0) is 42.8 Å². The molecule has 0 saturated heterocycles. The highest BCUT2D eigenvalue weighted by Crippen LogP contribution is 2.29. The van der Waals surface area contributed by atoms with E-state index in [2.05, 4.69) is 27.0 Å². The maximum absolute atomic E-state index is 9.05. The molecule has 0 fully saturated rings. The molecule has 2 aromatic carbocycles. The van der Waals surface area contributed by atoms with E-state index in [1.54, 1.807) is 12.1 Å². The topological polar surface area (TPSA) is 67.6 Å². The van der Waals surface area contributed by atoms with Crippen molar-refractivity contribution in [2.45, 2.75) is 6.92 Å². The molecule has 98 valence electrons. The first-order chi connectivity index (χ1) is 9.61. The number of halogens is 1. The van der Waals surface area contributed by atoms with Gasteiger partial charge < -0.3 is 5.73 Å². The fourth-order valence-corrected chi connectivity index (χ4v) is 2.61. The third-order valence-electron chi connectivity index (χ3n) is 3.29. The Labute approximate surface area is 124 Å². The Bertz CT molecular complexity index is 858. The number of rotatable bonds is 1. The van der Waals surface area contributed by atoms with Crippen molar-refractivity contribution >= 4 is 32.9 Å². The lowest BCUT2D eigenvalue weighted by molar-refractivity contribution is 1.09. The molecule has 0 aliphatic carbocycles. The molecular formula is C15H11BrN4. The third kappa shape index (κ3) is 1.86. The number of aromatic nitrogens is 2. The lowest BCUT2D eigenvalue weighted by Crippen LogP contribution is -2.02. The molecule has 5 heteroatoms. The first kappa shape index (κ1) is 12.7. The molecule has 0 bridgehead atoms. The fourth-order valence-electron chi connectivity index (χ4n) is 2.25. The summed E-state index contributed by atoms with van der Waals surface area (Å²) in [6.07, 6.45) is 0. The highest BCUT2D eigenvalue weighted by molar-refractivity contribution is 9.10. The predicted octanol–water partition coefficient (Wildman–Crippen LogP) is 3.55. The zero-order chi connectivity index (χ0) is 14.3. The second-order valence-corrected chi connectivity index (χ2v) is 5.36. The lowest BCUT2D eigenvalue weighted by Gasteiger charge is -2.11. The van der Waals surface area contributed by atoms with Crippen LogP contribution in [-0.2, 0) is 0 Å². The Kier molecular flexibility index (Phi) is 2.96. The van der Waals surface area contributed by atoms with Crippen LogP contribution in [0.4, 0.5) is 5.95 Å². The minimum atomic E-state index is 0.413. The molecular weight excluding hydrogens is 316 g/mol. The molecule has 0 unspecified atom stereocenters. The number of nitrogens with zero attached hydrogens (tertiary/aromatic N) is 3. The van der Waals surface area contributed by atoms with Crippen molar-refractivity contribution in [1.82, 2.24) is 9.55 Å². The molecule has 3 rings (SSSR count). The van der Waals surface area contributed by atoms with Crippen LogP contribution in [0.2, 0.25) is 0 Å². The molecule has 3 aromatic rings. The third-order valence-corrected chi connectivity index (χ3v) is 4.15. The summed E-state index contributed by atoms with van der Waals surface area (Å²) in [6, 6.07) is 13.4. The van der Waals surface area contributed by atoms with Crippen molar-refractivity contribution in [2.24, 2.45) is 0 Å². The van der Waals surface area contributed by atoms with Gasteiger partial charge in [0.1, 0.15) is 0 Å². The van der Waals surface area contributed by atoms with Crippen LogP contribution in [0.1, 0.15) is 11.1 Å². The van der Waals surface area contributed by atoms with Gasteiger partial charge >= 0.3 is 0 Å². The summed E-state index contributed by atoms with van der Waals surface area (Å²) in [6.45, 7) is 2.01. The number of nitriles is 1. The summed E-state index contributed by atoms with van der Waals surface area (Å²) < 4.78 is 2.88. The van der Waals surface area contributed by atoms with Crippen LogP contribution < -0.4 is 5.73 Å². The lowest BCUT2D eigenvalue weighted by atomic mass is 10.2. The van der Waals surface area contributed by atoms with E-state index < -0.39 is 0 Å². The number of fused-ring (bicyclic) bond motifs is 1. The first-order valence-corrected chi connectivity index (χ1v) is 6.84. The fraction of sp³-hybridized carbons (Fsp3) is 0.0667. The summed E-state index contributed by atoms with van der Waals surface area (Å²) >= 11 is 3.52. The standard InChI is InChI=1S/C15H11BrN4/c1-9-11(16)3-2-4-13(9)20-14-7-10(8-17)5-6-12(14)19-15(20)18/h2-7H,1H3,(H2,18,19). The van der Waals surface area contributed by atoms with Crippen LogP contribution in [0, 0.1) is 18.3 Å². The maximum Gasteiger partial charge on any atom is 0.205 e. The molecule has 1 heterocycles. The number of nitrogens with two attached hydrogens (primary N) is 1. The largest absolute Gasteiger partial charge is 0.369 e. The number of benzene rings is 2. The van der Waals surface area contributed by atoms with Gasteiger partial charge in [-0.3, -0.25) is 4.57 Å². The van der Waals surface area contributed by atoms with Crippen molar-refractivity contribution in [3.63, 3.8) is 0 Å². The van der Waals surface area contributed by atoms with Gasteiger partial charge in [-0.1, -0.05) is 22.0 Å². The van der Waals surface area contributed by atoms with Gasteiger partial charge in [-0.15, -0.1) is 0 Å². The number of hydrogen-bond donors (Lipinski definition) is 1. The van der Waals surface area contributed by atoms with Gasteiger partial charge in [-0.25, -0.2) is 4.98 Å². The van der Waals surface area contributed by atoms with Crippen LogP contribution in [0.5, 0.6) is 0 Å². The quantitative estimate of drug-likeness (QED) is 0.743. The Morgan fingerprint density at radius 1 is 1.30 bits per heavy atom. The van der Waals surface area contributed by atoms with Crippen LogP contribution in [-0.4, -0.2) is 9.55 Å². The second kappa shape index (κ2) is 4.66. The smallest absolute Gasteiger partial charge is 0.205 e. The Hall–Kier alpha value is -2.32. The highest BCUT2D eigenvalue weighted by Gasteiger charge is 2.13. The van der Waals surface area contributed by atoms with E-state index in [-0.39, 0.29) is 0 Å². The molecule has 0 amide bonds. The average Bonchev–Trinajstić information content (AvgIpc) is 2.77. The van der Waals surface area contributed by atoms with Gasteiger partial charge in [0.2, 0.25) is 5.95 Å². The summed E-state index contributed by atoms with van der Waals surface area (Å²) in [7, 11) is 0. The number of hydrogen-bond acceptors (Lipinski definition) is 3. The summed E-state index contributed by atoms with van der Waals surface area (Å²) in [5.41, 5.74) is 10.3. The SMILES string of the molecule is Cc1c(Br)cccc1-n1c(N)nc2ccc(C#N)cc21. The van der Waals surface area contributed by atoms with Crippen LogP contribution in [0.15, 0.2) is 40.9 Å².